The third kappa shape index (κ3) is 2.67. The third-order valence-corrected chi connectivity index (χ3v) is 2.44. The van der Waals surface area contributed by atoms with E-state index in [9.17, 15) is 18.0 Å². The van der Waals surface area contributed by atoms with Crippen LogP contribution in [-0.4, -0.2) is 5.91 Å². The number of carbonyl (C=O) groups is 1. The van der Waals surface area contributed by atoms with Crippen LogP contribution in [0.15, 0.2) is 36.4 Å². The highest BCUT2D eigenvalue weighted by atomic mass is 19.2. The quantitative estimate of drug-likeness (QED) is 0.821. The summed E-state index contributed by atoms with van der Waals surface area (Å²) in [5.74, 6) is -4.03. The maximum Gasteiger partial charge on any atom is 0.258 e. The standard InChI is InChI=1S/C13H9F3N2O/c14-9-2-1-3-11(12(9)16)18-13(19)8-5-4-7(17)6-10(8)15/h1-6H,17H2,(H,18,19). The highest BCUT2D eigenvalue weighted by molar-refractivity contribution is 6.04. The number of benzene rings is 2. The molecule has 2 rings (SSSR count). The molecule has 98 valence electrons. The summed E-state index contributed by atoms with van der Waals surface area (Å²) >= 11 is 0. The van der Waals surface area contributed by atoms with Gasteiger partial charge in [0, 0.05) is 5.69 Å². The van der Waals surface area contributed by atoms with Crippen molar-refractivity contribution < 1.29 is 18.0 Å². The first kappa shape index (κ1) is 12.9. The Morgan fingerprint density at radius 3 is 2.47 bits per heavy atom. The second-order valence-electron chi connectivity index (χ2n) is 3.79. The summed E-state index contributed by atoms with van der Waals surface area (Å²) in [5, 5.41) is 2.09. The summed E-state index contributed by atoms with van der Waals surface area (Å²) in [7, 11) is 0. The topological polar surface area (TPSA) is 55.1 Å². The van der Waals surface area contributed by atoms with E-state index >= 15 is 0 Å². The summed E-state index contributed by atoms with van der Waals surface area (Å²) in [6.45, 7) is 0. The SMILES string of the molecule is Nc1ccc(C(=O)Nc2cccc(F)c2F)c(F)c1. The molecule has 0 aliphatic heterocycles. The molecule has 19 heavy (non-hydrogen) atoms. The molecule has 0 saturated heterocycles. The fraction of sp³-hybridized carbons (Fsp3) is 0. The number of amides is 1. The van der Waals surface area contributed by atoms with E-state index < -0.39 is 23.4 Å². The van der Waals surface area contributed by atoms with Crippen molar-refractivity contribution in [3.05, 3.63) is 59.4 Å². The van der Waals surface area contributed by atoms with Crippen molar-refractivity contribution in [2.75, 3.05) is 11.1 Å². The Balaban J connectivity index is 2.28. The molecule has 0 radical (unpaired) electrons. The zero-order chi connectivity index (χ0) is 14.0. The molecular formula is C13H9F3N2O. The van der Waals surface area contributed by atoms with E-state index in [4.69, 9.17) is 5.73 Å². The van der Waals surface area contributed by atoms with Gasteiger partial charge in [0.05, 0.1) is 11.3 Å². The summed E-state index contributed by atoms with van der Waals surface area (Å²) < 4.78 is 39.8. The van der Waals surface area contributed by atoms with Crippen LogP contribution >= 0.6 is 0 Å². The summed E-state index contributed by atoms with van der Waals surface area (Å²) in [6.07, 6.45) is 0. The predicted molar refractivity (Wildman–Crippen MR) is 65.1 cm³/mol. The van der Waals surface area contributed by atoms with Gasteiger partial charge in [-0.1, -0.05) is 6.07 Å². The van der Waals surface area contributed by atoms with Gasteiger partial charge in [-0.2, -0.15) is 0 Å². The molecule has 3 N–H and O–H groups in total. The van der Waals surface area contributed by atoms with Gasteiger partial charge in [0.25, 0.3) is 5.91 Å². The Bertz CT molecular complexity index is 644. The van der Waals surface area contributed by atoms with Crippen LogP contribution in [0.25, 0.3) is 0 Å². The Morgan fingerprint density at radius 1 is 1.05 bits per heavy atom. The number of halogens is 3. The second kappa shape index (κ2) is 5.01. The predicted octanol–water partition coefficient (Wildman–Crippen LogP) is 2.94. The summed E-state index contributed by atoms with van der Waals surface area (Å²) in [5.41, 5.74) is 4.83. The van der Waals surface area contributed by atoms with Crippen molar-refractivity contribution in [1.82, 2.24) is 0 Å². The normalized spacial score (nSPS) is 10.3. The molecule has 0 atom stereocenters. The van der Waals surface area contributed by atoms with Gasteiger partial charge in [-0.15, -0.1) is 0 Å². The fourth-order valence-corrected chi connectivity index (χ4v) is 1.51. The molecule has 0 fully saturated rings. The van der Waals surface area contributed by atoms with Crippen molar-refractivity contribution in [3.63, 3.8) is 0 Å². The molecule has 2 aromatic rings. The van der Waals surface area contributed by atoms with Crippen LogP contribution < -0.4 is 11.1 Å². The summed E-state index contributed by atoms with van der Waals surface area (Å²) in [4.78, 5) is 11.7. The minimum Gasteiger partial charge on any atom is -0.399 e. The Kier molecular flexibility index (Phi) is 3.41. The van der Waals surface area contributed by atoms with E-state index in [1.807, 2.05) is 0 Å². The van der Waals surface area contributed by atoms with Crippen molar-refractivity contribution in [2.24, 2.45) is 0 Å². The first-order valence-corrected chi connectivity index (χ1v) is 5.29. The average Bonchev–Trinajstić information content (AvgIpc) is 2.34. The van der Waals surface area contributed by atoms with Crippen LogP contribution in [0.4, 0.5) is 24.5 Å². The molecule has 0 aromatic heterocycles. The van der Waals surface area contributed by atoms with Crippen LogP contribution in [0.1, 0.15) is 10.4 Å². The van der Waals surface area contributed by atoms with Crippen LogP contribution in [0.3, 0.4) is 0 Å². The molecule has 6 heteroatoms. The van der Waals surface area contributed by atoms with Gasteiger partial charge in [0.15, 0.2) is 11.6 Å². The van der Waals surface area contributed by atoms with E-state index in [1.54, 1.807) is 0 Å². The first-order valence-electron chi connectivity index (χ1n) is 5.29. The largest absolute Gasteiger partial charge is 0.399 e. The van der Waals surface area contributed by atoms with Gasteiger partial charge in [-0.25, -0.2) is 13.2 Å². The molecule has 0 aliphatic carbocycles. The molecule has 0 aliphatic rings. The average molecular weight is 266 g/mol. The lowest BCUT2D eigenvalue weighted by molar-refractivity contribution is 0.102. The number of rotatable bonds is 2. The van der Waals surface area contributed by atoms with E-state index in [-0.39, 0.29) is 16.9 Å². The van der Waals surface area contributed by atoms with Crippen LogP contribution in [0.5, 0.6) is 0 Å². The number of nitrogens with one attached hydrogen (secondary N) is 1. The van der Waals surface area contributed by atoms with Crippen molar-refractivity contribution in [1.29, 1.82) is 0 Å². The van der Waals surface area contributed by atoms with Crippen molar-refractivity contribution in [2.45, 2.75) is 0 Å². The van der Waals surface area contributed by atoms with Gasteiger partial charge in [0.2, 0.25) is 0 Å². The second-order valence-corrected chi connectivity index (χ2v) is 3.79. The zero-order valence-corrected chi connectivity index (χ0v) is 9.58. The van der Waals surface area contributed by atoms with E-state index in [1.165, 1.54) is 18.2 Å². The van der Waals surface area contributed by atoms with E-state index in [0.29, 0.717) is 0 Å². The lowest BCUT2D eigenvalue weighted by Gasteiger charge is -2.07. The number of hydrogen-bond donors (Lipinski definition) is 2. The molecule has 0 saturated carbocycles. The van der Waals surface area contributed by atoms with Gasteiger partial charge >= 0.3 is 0 Å². The summed E-state index contributed by atoms with van der Waals surface area (Å²) in [6, 6.07) is 6.78. The maximum absolute atomic E-state index is 13.5. The molecule has 1 amide bonds. The van der Waals surface area contributed by atoms with E-state index in [0.717, 1.165) is 18.2 Å². The van der Waals surface area contributed by atoms with Gasteiger partial charge in [-0.3, -0.25) is 4.79 Å². The van der Waals surface area contributed by atoms with Crippen molar-refractivity contribution in [3.8, 4) is 0 Å². The monoisotopic (exact) mass is 266 g/mol. The van der Waals surface area contributed by atoms with Crippen LogP contribution in [0, 0.1) is 17.5 Å². The molecule has 0 spiro atoms. The molecule has 0 heterocycles. The van der Waals surface area contributed by atoms with Gasteiger partial charge in [0.1, 0.15) is 5.82 Å². The Hall–Kier alpha value is -2.50. The Morgan fingerprint density at radius 2 is 1.79 bits per heavy atom. The maximum atomic E-state index is 13.5. The number of nitrogens with two attached hydrogens (primary N) is 1. The molecule has 2 aromatic carbocycles. The molecular weight excluding hydrogens is 257 g/mol. The lowest BCUT2D eigenvalue weighted by Crippen LogP contribution is -2.15. The third-order valence-electron chi connectivity index (χ3n) is 2.44. The molecule has 0 bridgehead atoms. The minimum atomic E-state index is -1.20. The van der Waals surface area contributed by atoms with Crippen LogP contribution in [-0.2, 0) is 0 Å². The smallest absolute Gasteiger partial charge is 0.258 e. The molecule has 3 nitrogen and oxygen atoms in total. The number of nitrogen functional groups attached to an aromatic ring is 1. The van der Waals surface area contributed by atoms with Gasteiger partial charge in [-0.05, 0) is 30.3 Å². The van der Waals surface area contributed by atoms with Crippen LogP contribution in [0.2, 0.25) is 0 Å². The number of anilines is 2. The minimum absolute atomic E-state index is 0.158. The highest BCUT2D eigenvalue weighted by Crippen LogP contribution is 2.19. The number of carbonyl (C=O) groups excluding carboxylic acids is 1. The Labute approximate surface area is 106 Å². The molecule has 0 unspecified atom stereocenters. The first-order chi connectivity index (χ1) is 8.99. The fourth-order valence-electron chi connectivity index (χ4n) is 1.51. The number of hydrogen-bond acceptors (Lipinski definition) is 2. The zero-order valence-electron chi connectivity index (χ0n) is 9.58. The van der Waals surface area contributed by atoms with E-state index in [2.05, 4.69) is 5.32 Å². The lowest BCUT2D eigenvalue weighted by atomic mass is 10.1. The van der Waals surface area contributed by atoms with Crippen molar-refractivity contribution >= 4 is 17.3 Å². The highest BCUT2D eigenvalue weighted by Gasteiger charge is 2.15. The van der Waals surface area contributed by atoms with Gasteiger partial charge < -0.3 is 11.1 Å².